The molecule has 108 valence electrons. The Balaban J connectivity index is 2.54. The van der Waals surface area contributed by atoms with Crippen molar-refractivity contribution in [2.24, 2.45) is 0 Å². The van der Waals surface area contributed by atoms with Gasteiger partial charge in [0.15, 0.2) is 0 Å². The monoisotopic (exact) mass is 314 g/mol. The minimum atomic E-state index is -3.36. The topological polar surface area (TPSA) is 84.5 Å². The quantitative estimate of drug-likeness (QED) is 0.882. The van der Waals surface area contributed by atoms with Crippen LogP contribution in [0.5, 0.6) is 0 Å². The van der Waals surface area contributed by atoms with Crippen molar-refractivity contribution < 1.29 is 16.8 Å². The zero-order valence-corrected chi connectivity index (χ0v) is 12.5. The second-order valence-electron chi connectivity index (χ2n) is 4.08. The van der Waals surface area contributed by atoms with E-state index < -0.39 is 21.3 Å². The van der Waals surface area contributed by atoms with E-state index >= 15 is 0 Å². The first-order valence-electron chi connectivity index (χ1n) is 5.63. The molecular weight excluding hydrogens is 300 g/mol. The average Bonchev–Trinajstić information content (AvgIpc) is 2.38. The summed E-state index contributed by atoms with van der Waals surface area (Å²) >= 11 is -1.65. The molecule has 0 radical (unpaired) electrons. The van der Waals surface area contributed by atoms with Crippen LogP contribution in [-0.4, -0.2) is 26.0 Å². The molecule has 0 saturated heterocycles. The third-order valence-electron chi connectivity index (χ3n) is 2.56. The zero-order valence-electron chi connectivity index (χ0n) is 10.9. The second kappa shape index (κ2) is 5.78. The molecule has 0 aromatic heterocycles. The third-order valence-corrected chi connectivity index (χ3v) is 3.84. The van der Waals surface area contributed by atoms with Crippen LogP contribution in [-0.2, 0) is 25.5 Å². The summed E-state index contributed by atoms with van der Waals surface area (Å²) in [4.78, 5) is 0. The number of sulfonamides is 1. The summed E-state index contributed by atoms with van der Waals surface area (Å²) in [5, 5.41) is 1.45. The van der Waals surface area contributed by atoms with Gasteiger partial charge in [0.1, 0.15) is 0 Å². The van der Waals surface area contributed by atoms with Gasteiger partial charge < -0.3 is 0 Å². The number of anilines is 2. The molecule has 0 bridgehead atoms. The Kier molecular flexibility index (Phi) is 4.26. The fourth-order valence-electron chi connectivity index (χ4n) is 1.82. The van der Waals surface area contributed by atoms with Gasteiger partial charge in [-0.3, -0.25) is 13.6 Å². The van der Waals surface area contributed by atoms with E-state index in [-0.39, 0.29) is 0 Å². The smallest absolute Gasteiger partial charge is 0.261 e. The number of fused-ring (bicyclic) bond motifs is 1. The van der Waals surface area contributed by atoms with Gasteiger partial charge in [-0.05, 0) is 12.1 Å². The van der Waals surface area contributed by atoms with Gasteiger partial charge >= 0.3 is 0 Å². The number of rotatable bonds is 5. The maximum absolute atomic E-state index is 11.4. The molecule has 0 fully saturated rings. The highest BCUT2D eigenvalue weighted by molar-refractivity contribution is 7.92. The minimum absolute atomic E-state index is 0.469. The van der Waals surface area contributed by atoms with E-state index in [1.807, 2.05) is 0 Å². The molecule has 2 aromatic carbocycles. The Bertz CT molecular complexity index is 759. The van der Waals surface area contributed by atoms with Crippen molar-refractivity contribution in [3.05, 3.63) is 36.4 Å². The van der Waals surface area contributed by atoms with Gasteiger partial charge in [-0.2, -0.15) is 0 Å². The Hall–Kier alpha value is -1.64. The largest absolute Gasteiger partial charge is 0.283 e. The number of nitrogens with one attached hydrogen (secondary N) is 2. The van der Waals surface area contributed by atoms with E-state index in [9.17, 15) is 12.6 Å². The van der Waals surface area contributed by atoms with Gasteiger partial charge in [0.2, 0.25) is 10.0 Å². The average molecular weight is 314 g/mol. The summed E-state index contributed by atoms with van der Waals surface area (Å²) in [7, 11) is -2.04. The van der Waals surface area contributed by atoms with Gasteiger partial charge in [-0.25, -0.2) is 12.6 Å². The van der Waals surface area contributed by atoms with E-state index in [0.717, 1.165) is 11.6 Å². The van der Waals surface area contributed by atoms with Gasteiger partial charge in [-0.15, -0.1) is 0 Å². The van der Waals surface area contributed by atoms with Crippen molar-refractivity contribution in [2.75, 3.05) is 22.8 Å². The van der Waals surface area contributed by atoms with Crippen LogP contribution in [0.4, 0.5) is 11.4 Å². The molecule has 0 aliphatic rings. The van der Waals surface area contributed by atoms with Crippen LogP contribution in [0.3, 0.4) is 0 Å². The summed E-state index contributed by atoms with van der Waals surface area (Å²) in [6, 6.07) is 10.5. The lowest BCUT2D eigenvalue weighted by Gasteiger charge is -2.11. The highest BCUT2D eigenvalue weighted by atomic mass is 32.2. The summed E-state index contributed by atoms with van der Waals surface area (Å²) < 4.78 is 43.9. The Morgan fingerprint density at radius 2 is 1.60 bits per heavy atom. The van der Waals surface area contributed by atoms with Crippen LogP contribution in [0.1, 0.15) is 0 Å². The lowest BCUT2D eigenvalue weighted by Crippen LogP contribution is -2.10. The Labute approximate surface area is 120 Å². The van der Waals surface area contributed by atoms with Gasteiger partial charge in [0.05, 0.1) is 24.7 Å². The van der Waals surface area contributed by atoms with Crippen molar-refractivity contribution in [3.8, 4) is 0 Å². The summed E-state index contributed by atoms with van der Waals surface area (Å²) in [5.74, 6) is 0. The van der Waals surface area contributed by atoms with E-state index in [0.29, 0.717) is 16.8 Å². The third kappa shape index (κ3) is 3.47. The van der Waals surface area contributed by atoms with Gasteiger partial charge in [0, 0.05) is 10.8 Å². The molecule has 2 rings (SSSR count). The van der Waals surface area contributed by atoms with Crippen LogP contribution in [0, 0.1) is 0 Å². The molecule has 1 atom stereocenters. The first kappa shape index (κ1) is 14.8. The normalized spacial score (nSPS) is 13.1. The van der Waals surface area contributed by atoms with E-state index in [1.165, 1.54) is 7.11 Å². The van der Waals surface area contributed by atoms with Gasteiger partial charge in [0.25, 0.3) is 11.3 Å². The minimum Gasteiger partial charge on any atom is -0.283 e. The lowest BCUT2D eigenvalue weighted by atomic mass is 10.1. The molecule has 0 aliphatic carbocycles. The van der Waals surface area contributed by atoms with Crippen LogP contribution in [0.15, 0.2) is 36.4 Å². The van der Waals surface area contributed by atoms with Gasteiger partial charge in [-0.1, -0.05) is 24.3 Å². The van der Waals surface area contributed by atoms with Crippen molar-refractivity contribution in [2.45, 2.75) is 0 Å². The number of benzene rings is 2. The van der Waals surface area contributed by atoms with Crippen molar-refractivity contribution >= 4 is 43.4 Å². The molecule has 0 amide bonds. The summed E-state index contributed by atoms with van der Waals surface area (Å²) in [6.07, 6.45) is 1.09. The predicted molar refractivity (Wildman–Crippen MR) is 81.2 cm³/mol. The van der Waals surface area contributed by atoms with E-state index in [2.05, 4.69) is 13.6 Å². The molecular formula is C12H14N2O4S2. The molecule has 2 aromatic rings. The van der Waals surface area contributed by atoms with E-state index in [1.54, 1.807) is 36.4 Å². The molecule has 0 saturated carbocycles. The Morgan fingerprint density at radius 1 is 1.05 bits per heavy atom. The lowest BCUT2D eigenvalue weighted by molar-refractivity contribution is 0.449. The first-order chi connectivity index (χ1) is 9.40. The standard InChI is InChI=1S/C12H14N2O4S2/c1-18-19(15)13-11-7-3-6-10-9(11)5-4-8-12(10)14-20(2,16)17/h3-8,13-14H,1-2H3. The van der Waals surface area contributed by atoms with E-state index in [4.69, 9.17) is 0 Å². The molecule has 0 heterocycles. The maximum atomic E-state index is 11.4. The number of hydrogen-bond acceptors (Lipinski definition) is 4. The van der Waals surface area contributed by atoms with Crippen LogP contribution in [0.25, 0.3) is 10.8 Å². The molecule has 2 N–H and O–H groups in total. The highest BCUT2D eigenvalue weighted by Crippen LogP contribution is 2.29. The molecule has 8 heteroatoms. The highest BCUT2D eigenvalue weighted by Gasteiger charge is 2.09. The first-order valence-corrected chi connectivity index (χ1v) is 8.60. The molecule has 6 nitrogen and oxygen atoms in total. The molecule has 0 spiro atoms. The molecule has 0 aliphatic heterocycles. The second-order valence-corrected chi connectivity index (χ2v) is 6.84. The van der Waals surface area contributed by atoms with Crippen molar-refractivity contribution in [1.82, 2.24) is 0 Å². The number of hydrogen-bond donors (Lipinski definition) is 2. The fraction of sp³-hybridized carbons (Fsp3) is 0.167. The Morgan fingerprint density at radius 3 is 2.15 bits per heavy atom. The molecule has 1 unspecified atom stereocenters. The fourth-order valence-corrected chi connectivity index (χ4v) is 2.84. The predicted octanol–water partition coefficient (Wildman–Crippen LogP) is 1.85. The summed E-state index contributed by atoms with van der Waals surface area (Å²) in [5.41, 5.74) is 1.07. The van der Waals surface area contributed by atoms with Crippen LogP contribution in [0.2, 0.25) is 0 Å². The van der Waals surface area contributed by atoms with Crippen LogP contribution >= 0.6 is 0 Å². The SMILES string of the molecule is COS(=O)Nc1cccc2c(NS(C)(=O)=O)cccc12. The zero-order chi connectivity index (χ0) is 14.8. The van der Waals surface area contributed by atoms with Crippen molar-refractivity contribution in [3.63, 3.8) is 0 Å². The van der Waals surface area contributed by atoms with Crippen LogP contribution < -0.4 is 9.44 Å². The summed E-state index contributed by atoms with van der Waals surface area (Å²) in [6.45, 7) is 0. The maximum Gasteiger partial charge on any atom is 0.261 e. The van der Waals surface area contributed by atoms with Crippen molar-refractivity contribution in [1.29, 1.82) is 0 Å². The molecule has 20 heavy (non-hydrogen) atoms.